The van der Waals surface area contributed by atoms with Gasteiger partial charge in [0.25, 0.3) is 0 Å². The van der Waals surface area contributed by atoms with Crippen LogP contribution in [0.25, 0.3) is 32.6 Å². The number of aromatic nitrogens is 2. The molecule has 0 amide bonds. The van der Waals surface area contributed by atoms with E-state index < -0.39 is 0 Å². The van der Waals surface area contributed by atoms with E-state index in [0.29, 0.717) is 0 Å². The Bertz CT molecular complexity index is 983. The van der Waals surface area contributed by atoms with Crippen LogP contribution in [0.2, 0.25) is 0 Å². The number of benzene rings is 3. The zero-order valence-electron chi connectivity index (χ0n) is 11.4. The van der Waals surface area contributed by atoms with Gasteiger partial charge in [-0.1, -0.05) is 18.2 Å². The number of hydrogen-bond acceptors (Lipinski definition) is 2. The number of nitrogens with zero attached hydrogens (tertiary/aromatic N) is 1. The molecule has 0 aliphatic rings. The van der Waals surface area contributed by atoms with Crippen molar-refractivity contribution < 1.29 is 5.11 Å². The van der Waals surface area contributed by atoms with E-state index >= 15 is 0 Å². The molecule has 4 aromatic rings. The van der Waals surface area contributed by atoms with Crippen LogP contribution < -0.4 is 0 Å². The molecule has 0 spiro atoms. The Labute approximate surface area is 115 Å². The number of fused-ring (bicyclic) bond motifs is 5. The molecule has 1 aromatic heterocycles. The van der Waals surface area contributed by atoms with Crippen LogP contribution in [0.3, 0.4) is 0 Å². The first-order chi connectivity index (χ1) is 9.63. The summed E-state index contributed by atoms with van der Waals surface area (Å²) in [5, 5.41) is 14.3. The molecular formula is C17H14N2O. The van der Waals surface area contributed by atoms with Crippen molar-refractivity contribution in [2.75, 3.05) is 0 Å². The van der Waals surface area contributed by atoms with Gasteiger partial charge in [-0.05, 0) is 53.8 Å². The molecule has 3 aromatic carbocycles. The Morgan fingerprint density at radius 1 is 1.00 bits per heavy atom. The van der Waals surface area contributed by atoms with Gasteiger partial charge in [0.15, 0.2) is 0 Å². The molecular weight excluding hydrogens is 248 g/mol. The molecule has 1 heterocycles. The van der Waals surface area contributed by atoms with E-state index in [-0.39, 0.29) is 5.75 Å². The molecule has 2 N–H and O–H groups in total. The first-order valence-corrected chi connectivity index (χ1v) is 6.65. The average molecular weight is 262 g/mol. The molecule has 4 rings (SSSR count). The second kappa shape index (κ2) is 3.73. The molecule has 0 bridgehead atoms. The number of H-pyrrole nitrogens is 1. The Morgan fingerprint density at radius 3 is 2.65 bits per heavy atom. The van der Waals surface area contributed by atoms with E-state index in [0.717, 1.165) is 33.0 Å². The smallest absolute Gasteiger partial charge is 0.116 e. The molecule has 0 radical (unpaired) electrons. The van der Waals surface area contributed by atoms with Crippen molar-refractivity contribution in [2.24, 2.45) is 0 Å². The molecule has 0 atom stereocenters. The number of nitrogens with one attached hydrogen (secondary N) is 1. The van der Waals surface area contributed by atoms with Gasteiger partial charge in [-0.2, -0.15) is 0 Å². The second-order valence-electron chi connectivity index (χ2n) is 5.31. The van der Waals surface area contributed by atoms with E-state index in [2.05, 4.69) is 35.1 Å². The molecule has 0 unspecified atom stereocenters. The highest BCUT2D eigenvalue weighted by atomic mass is 16.3. The van der Waals surface area contributed by atoms with Crippen molar-refractivity contribution in [2.45, 2.75) is 13.8 Å². The van der Waals surface area contributed by atoms with Gasteiger partial charge >= 0.3 is 0 Å². The van der Waals surface area contributed by atoms with E-state index in [1.807, 2.05) is 19.1 Å². The molecule has 3 nitrogen and oxygen atoms in total. The quantitative estimate of drug-likeness (QED) is 0.467. The SMILES string of the molecule is Cc1nc2c(cc(C)c3ccc4ccc(O)cc4c32)[nH]1. The fraction of sp³-hybridized carbons (Fsp3) is 0.118. The molecule has 20 heavy (non-hydrogen) atoms. The standard InChI is InChI=1S/C17H14N2O/c1-9-7-15-17(19-10(2)18-15)16-13(9)6-4-11-3-5-12(20)8-14(11)16/h3-8,20H,1-2H3,(H,18,19). The van der Waals surface area contributed by atoms with Gasteiger partial charge in [0.05, 0.1) is 11.0 Å². The number of aromatic amines is 1. The summed E-state index contributed by atoms with van der Waals surface area (Å²) in [6.07, 6.45) is 0. The second-order valence-corrected chi connectivity index (χ2v) is 5.31. The number of phenols is 1. The minimum absolute atomic E-state index is 0.284. The van der Waals surface area contributed by atoms with E-state index in [1.54, 1.807) is 6.07 Å². The fourth-order valence-electron chi connectivity index (χ4n) is 2.99. The van der Waals surface area contributed by atoms with Crippen molar-refractivity contribution in [3.05, 3.63) is 47.8 Å². The summed E-state index contributed by atoms with van der Waals surface area (Å²) in [7, 11) is 0. The Morgan fingerprint density at radius 2 is 1.80 bits per heavy atom. The number of phenolic OH excluding ortho intramolecular Hbond substituents is 1. The Balaban J connectivity index is 2.37. The largest absolute Gasteiger partial charge is 0.508 e. The van der Waals surface area contributed by atoms with E-state index in [1.165, 1.54) is 10.9 Å². The normalized spacial score (nSPS) is 11.7. The maximum Gasteiger partial charge on any atom is 0.116 e. The monoisotopic (exact) mass is 262 g/mol. The molecule has 0 aliphatic carbocycles. The lowest BCUT2D eigenvalue weighted by Gasteiger charge is -2.08. The predicted molar refractivity (Wildman–Crippen MR) is 82.2 cm³/mol. The third-order valence-electron chi connectivity index (χ3n) is 3.88. The highest BCUT2D eigenvalue weighted by molar-refractivity contribution is 6.19. The lowest BCUT2D eigenvalue weighted by molar-refractivity contribution is 0.476. The van der Waals surface area contributed by atoms with Crippen LogP contribution in [-0.4, -0.2) is 15.1 Å². The number of rotatable bonds is 0. The van der Waals surface area contributed by atoms with E-state index in [9.17, 15) is 5.11 Å². The molecule has 0 fully saturated rings. The number of hydrogen-bond donors (Lipinski definition) is 2. The van der Waals surface area contributed by atoms with Crippen LogP contribution in [0.15, 0.2) is 36.4 Å². The molecule has 98 valence electrons. The van der Waals surface area contributed by atoms with Crippen molar-refractivity contribution in [1.29, 1.82) is 0 Å². The van der Waals surface area contributed by atoms with Gasteiger partial charge in [0.2, 0.25) is 0 Å². The highest BCUT2D eigenvalue weighted by Gasteiger charge is 2.11. The third kappa shape index (κ3) is 1.43. The summed E-state index contributed by atoms with van der Waals surface area (Å²) in [5.41, 5.74) is 3.23. The van der Waals surface area contributed by atoms with Crippen molar-refractivity contribution in [3.8, 4) is 5.75 Å². The zero-order valence-corrected chi connectivity index (χ0v) is 11.4. The topological polar surface area (TPSA) is 48.9 Å². The van der Waals surface area contributed by atoms with Gasteiger partial charge in [0, 0.05) is 5.39 Å². The van der Waals surface area contributed by atoms with Crippen LogP contribution in [0.4, 0.5) is 0 Å². The first-order valence-electron chi connectivity index (χ1n) is 6.65. The van der Waals surface area contributed by atoms with Crippen LogP contribution in [0.5, 0.6) is 5.75 Å². The lowest BCUT2D eigenvalue weighted by Crippen LogP contribution is -1.84. The molecule has 0 aliphatic heterocycles. The minimum Gasteiger partial charge on any atom is -0.508 e. The summed E-state index contributed by atoms with van der Waals surface area (Å²) in [4.78, 5) is 7.92. The van der Waals surface area contributed by atoms with Crippen LogP contribution >= 0.6 is 0 Å². The summed E-state index contributed by atoms with van der Waals surface area (Å²) >= 11 is 0. The van der Waals surface area contributed by atoms with Crippen LogP contribution in [0, 0.1) is 13.8 Å². The predicted octanol–water partition coefficient (Wildman–Crippen LogP) is 4.19. The number of imidazole rings is 1. The van der Waals surface area contributed by atoms with Crippen LogP contribution in [0.1, 0.15) is 11.4 Å². The van der Waals surface area contributed by atoms with Gasteiger partial charge < -0.3 is 10.1 Å². The summed E-state index contributed by atoms with van der Waals surface area (Å²) in [6.45, 7) is 4.07. The molecule has 0 saturated heterocycles. The van der Waals surface area contributed by atoms with Crippen molar-refractivity contribution >= 4 is 32.6 Å². The fourth-order valence-corrected chi connectivity index (χ4v) is 2.99. The van der Waals surface area contributed by atoms with Crippen molar-refractivity contribution in [3.63, 3.8) is 0 Å². The summed E-state index contributed by atoms with van der Waals surface area (Å²) < 4.78 is 0. The zero-order chi connectivity index (χ0) is 13.9. The third-order valence-corrected chi connectivity index (χ3v) is 3.88. The van der Waals surface area contributed by atoms with Gasteiger partial charge in [-0.25, -0.2) is 4.98 Å². The molecule has 0 saturated carbocycles. The maximum absolute atomic E-state index is 9.81. The van der Waals surface area contributed by atoms with Crippen LogP contribution in [-0.2, 0) is 0 Å². The number of aromatic hydroxyl groups is 1. The Kier molecular flexibility index (Phi) is 2.11. The minimum atomic E-state index is 0.284. The highest BCUT2D eigenvalue weighted by Crippen LogP contribution is 2.34. The maximum atomic E-state index is 9.81. The first kappa shape index (κ1) is 11.3. The number of aryl methyl sites for hydroxylation is 2. The summed E-state index contributed by atoms with van der Waals surface area (Å²) in [5.74, 6) is 1.19. The summed E-state index contributed by atoms with van der Waals surface area (Å²) in [6, 6.07) is 11.8. The average Bonchev–Trinajstić information content (AvgIpc) is 2.78. The lowest BCUT2D eigenvalue weighted by atomic mass is 9.97. The van der Waals surface area contributed by atoms with Crippen molar-refractivity contribution in [1.82, 2.24) is 9.97 Å². The van der Waals surface area contributed by atoms with Gasteiger partial charge in [-0.15, -0.1) is 0 Å². The van der Waals surface area contributed by atoms with Gasteiger partial charge in [-0.3, -0.25) is 0 Å². The van der Waals surface area contributed by atoms with E-state index in [4.69, 9.17) is 0 Å². The van der Waals surface area contributed by atoms with Gasteiger partial charge in [0.1, 0.15) is 11.6 Å². The molecule has 3 heteroatoms. The Hall–Kier alpha value is -2.55.